The first kappa shape index (κ1) is 126. The van der Waals surface area contributed by atoms with Crippen LogP contribution in [-0.2, 0) is 59.0 Å². The fraction of sp³-hybridized carbons (Fsp3) is 0.469. The van der Waals surface area contributed by atoms with Gasteiger partial charge >= 0.3 is 81.6 Å². The van der Waals surface area contributed by atoms with Crippen LogP contribution in [-0.4, -0.2) is 219 Å². The standard InChI is InChI=1S/C16H14F3NO5S.C14H19BF3N3O3.C14H21BF3N3O.C9H8F3NO3.C9H6F3NO3.C7H7ClO2S.C6H14BNO.C4H8O.2CH4O.B.Na.H/c1-10-3-5-15(6-4-10)26(23,24)25-11(2)12-7-13(16(17,18)19)9-14(8-12)20(21)22;1-10(19-3-5-20(6-4-19)15(2)22)11-7-12(14(16,17)18)9-13(8-11)21(23)24;1-10(20-3-5-21(6-4-20)15(2)22)11-7-12(14(16,17)18)9-13(19)8-11;2*1-5(14)6-2-7(9(10,11)12)4-8(3-6)13(15)16;1-6-2-4-7(5-3-6)11(8,9)10;1-7(9)8-5-3-2-4-6-8;1-2-4-5-3-1;2*1-2;;;/h3-9,11H,1-2H3;7-10,22H,3-6H2,1-2H3;7-10,22H,3-6,19H2,1-2H3;2-5,14H,1H3;2-4H,1H3;2-5H,1H3;9H,2-6H2,1H3;1-4H2;2*2H,1H3;;;/q;;;;;;;;;;;+1;-1. The number of Topliss-reactive ketones (excluding diaryl/α,β-unsaturated/α-hetero) is 1. The average Bonchev–Trinajstić information content (AvgIpc) is 0.882. The van der Waals surface area contributed by atoms with Crippen LogP contribution in [0, 0.1) is 54.3 Å². The Morgan fingerprint density at radius 2 is 0.741 bits per heavy atom. The number of piperidine rings is 1. The minimum Gasteiger partial charge on any atom is -1.00 e. The number of hydrogen-bond donors (Lipinski definition) is 7. The van der Waals surface area contributed by atoms with Crippen molar-refractivity contribution < 1.29 is 177 Å². The van der Waals surface area contributed by atoms with Crippen LogP contribution in [0.3, 0.4) is 0 Å². The van der Waals surface area contributed by atoms with Crippen LogP contribution in [0.25, 0.3) is 0 Å². The zero-order valence-corrected chi connectivity index (χ0v) is 80.1. The SMILES string of the molecule is C1CCOC1.CB(O)N1CCCCC1.CB(O)N1CCN(C(C)c2cc(N)cc(C(F)(F)F)c2)CC1.CB(O)N1CCN(C(C)c2cc([N+](=O)[O-])cc(C(F)(F)F)c2)CC1.CC(=O)c1cc([N+](=O)[O-])cc(C(F)(F)F)c1.CC(O)c1cc([N+](=O)[O-])cc(C(F)(F)F)c1.CO.CO.Cc1ccc(S(=O)(=O)Cl)cc1.Cc1ccc(S(=O)(=O)OC(C)c2cc([N+](=O)[O-])cc(C(F)(F)F)c2)cc1.[B].[H-].[Na+]. The van der Waals surface area contributed by atoms with Gasteiger partial charge in [0.05, 0.1) is 69.5 Å². The topological polar surface area (TPSA) is 440 Å². The Balaban J connectivity index is 0. The number of nitrogens with two attached hydrogens (primary N) is 1. The number of nitro benzene ring substituents is 4. The van der Waals surface area contributed by atoms with Crippen LogP contribution >= 0.6 is 10.7 Å². The van der Waals surface area contributed by atoms with E-state index >= 15 is 0 Å². The minimum absolute atomic E-state index is 0. The maximum atomic E-state index is 13.0. The van der Waals surface area contributed by atoms with E-state index in [4.69, 9.17) is 45.7 Å². The number of anilines is 1. The van der Waals surface area contributed by atoms with Crippen molar-refractivity contribution in [3.05, 3.63) is 247 Å². The number of ether oxygens (including phenoxy) is 1. The summed E-state index contributed by atoms with van der Waals surface area (Å²) >= 11 is 0. The van der Waals surface area contributed by atoms with Crippen molar-refractivity contribution in [3.8, 4) is 0 Å². The molecule has 4 atom stereocenters. The molecule has 31 nitrogen and oxygen atoms in total. The number of benzene rings is 7. The number of ketones is 1. The summed E-state index contributed by atoms with van der Waals surface area (Å²) in [6, 6.07) is 23.7. The number of carbonyl (C=O) groups is 1. The molecule has 7 aromatic carbocycles. The van der Waals surface area contributed by atoms with Gasteiger partial charge < -0.3 is 56.7 Å². The molecule has 0 bridgehead atoms. The number of piperazine rings is 2. The summed E-state index contributed by atoms with van der Waals surface area (Å²) in [6.45, 7) is 25.2. The van der Waals surface area contributed by atoms with Gasteiger partial charge in [0, 0.05) is 171 Å². The van der Waals surface area contributed by atoms with Crippen molar-refractivity contribution in [3.63, 3.8) is 0 Å². The van der Waals surface area contributed by atoms with Crippen molar-refractivity contribution in [2.75, 3.05) is 98.6 Å². The van der Waals surface area contributed by atoms with Crippen molar-refractivity contribution in [2.24, 2.45) is 0 Å². The number of nitrogens with zero attached hydrogens (tertiary/aromatic N) is 9. The molecule has 4 aliphatic rings. The summed E-state index contributed by atoms with van der Waals surface area (Å²) in [7, 11) is -2.02. The van der Waals surface area contributed by atoms with E-state index < -0.39 is 152 Å². The molecule has 135 heavy (non-hydrogen) atoms. The Hall–Kier alpha value is -8.51. The Bertz CT molecular complexity index is 5080. The van der Waals surface area contributed by atoms with Gasteiger partial charge in [0.1, 0.15) is 0 Å². The molecule has 4 aliphatic heterocycles. The number of aliphatic hydroxyl groups excluding tert-OH is 3. The molecule has 0 amide bonds. The van der Waals surface area contributed by atoms with Gasteiger partial charge in [0.25, 0.3) is 41.9 Å². The fourth-order valence-corrected chi connectivity index (χ4v) is 14.4. The summed E-state index contributed by atoms with van der Waals surface area (Å²) in [5.41, 5.74) is -0.477. The quantitative estimate of drug-likeness (QED) is 0.00613. The third-order valence-electron chi connectivity index (χ3n) is 20.0. The number of nitrogen functional groups attached to an aromatic ring is 1. The number of rotatable bonds is 18. The van der Waals surface area contributed by atoms with Gasteiger partial charge in [0.15, 0.2) is 5.78 Å². The van der Waals surface area contributed by atoms with Crippen molar-refractivity contribution in [1.82, 2.24) is 24.2 Å². The molecule has 3 radical (unpaired) electrons. The van der Waals surface area contributed by atoms with E-state index in [1.807, 2.05) is 35.2 Å². The van der Waals surface area contributed by atoms with E-state index in [2.05, 4.69) is 9.71 Å². The van der Waals surface area contributed by atoms with E-state index in [0.717, 1.165) is 88.9 Å². The minimum atomic E-state index is -4.82. The van der Waals surface area contributed by atoms with Crippen LogP contribution in [0.1, 0.15) is 164 Å². The van der Waals surface area contributed by atoms with Crippen LogP contribution < -0.4 is 35.3 Å². The molecule has 54 heteroatoms. The van der Waals surface area contributed by atoms with Crippen molar-refractivity contribution in [2.45, 2.75) is 166 Å². The molecule has 0 aliphatic carbocycles. The number of aryl methyl sites for hydroxylation is 2. The van der Waals surface area contributed by atoms with Gasteiger partial charge in [-0.25, -0.2) is 8.42 Å². The van der Waals surface area contributed by atoms with Crippen molar-refractivity contribution in [1.29, 1.82) is 0 Å². The second-order valence-corrected chi connectivity index (χ2v) is 34.0. The number of nitro groups is 4. The first-order chi connectivity index (χ1) is 61.4. The van der Waals surface area contributed by atoms with Crippen molar-refractivity contribution >= 4 is 93.6 Å². The van der Waals surface area contributed by atoms with Gasteiger partial charge in [-0.1, -0.05) is 41.8 Å². The van der Waals surface area contributed by atoms with Crippen LogP contribution in [0.5, 0.6) is 0 Å². The van der Waals surface area contributed by atoms with E-state index in [1.54, 1.807) is 45.7 Å². The first-order valence-corrected chi connectivity index (χ1v) is 44.0. The molecule has 0 spiro atoms. The number of carbonyl (C=O) groups excluding carboxylic acids is 1. The van der Waals surface area contributed by atoms with E-state index in [1.165, 1.54) is 94.5 Å². The third-order valence-corrected chi connectivity index (χ3v) is 22.8. The van der Waals surface area contributed by atoms with Crippen LogP contribution in [0.15, 0.2) is 149 Å². The molecule has 4 fully saturated rings. The van der Waals surface area contributed by atoms with E-state index in [0.29, 0.717) is 100 Å². The molecule has 4 unspecified atom stereocenters. The molecule has 0 saturated carbocycles. The van der Waals surface area contributed by atoms with Crippen LogP contribution in [0.2, 0.25) is 20.5 Å². The van der Waals surface area contributed by atoms with Gasteiger partial charge in [-0.3, -0.25) is 59.2 Å². The zero-order valence-electron chi connectivity index (χ0n) is 76.7. The van der Waals surface area contributed by atoms with Gasteiger partial charge in [-0.15, -0.1) is 0 Å². The largest absolute Gasteiger partial charge is 1.00 e. The molecular formula is C81H106B4ClF15N10NaO21S2. The molecule has 743 valence electrons. The predicted octanol–water partition coefficient (Wildman–Crippen LogP) is 13.6. The number of hydrogen-bond acceptors (Lipinski definition) is 27. The van der Waals surface area contributed by atoms with E-state index in [9.17, 15) is 138 Å². The predicted molar refractivity (Wildman–Crippen MR) is 474 cm³/mol. The Morgan fingerprint density at radius 3 is 1.04 bits per heavy atom. The van der Waals surface area contributed by atoms with Crippen LogP contribution in [0.4, 0.5) is 94.3 Å². The summed E-state index contributed by atoms with van der Waals surface area (Å²) < 4.78 is 246. The number of alkyl halides is 15. The molecule has 4 saturated heterocycles. The maximum absolute atomic E-state index is 13.0. The molecule has 11 rings (SSSR count). The summed E-state index contributed by atoms with van der Waals surface area (Å²) in [5, 5.41) is 93.9. The molecule has 4 heterocycles. The Labute approximate surface area is 802 Å². The second-order valence-electron chi connectivity index (χ2n) is 29.9. The third kappa shape index (κ3) is 44.5. The number of aliphatic hydroxyl groups is 3. The summed E-state index contributed by atoms with van der Waals surface area (Å²) in [6.07, 6.45) is -19.4. The smallest absolute Gasteiger partial charge is 1.00 e. The molecule has 7 aromatic rings. The summed E-state index contributed by atoms with van der Waals surface area (Å²) in [4.78, 5) is 59.8. The second kappa shape index (κ2) is 57.8. The zero-order chi connectivity index (χ0) is 102. The maximum Gasteiger partial charge on any atom is 1.00 e. The van der Waals surface area contributed by atoms with Gasteiger partial charge in [-0.05, 0) is 197 Å². The van der Waals surface area contributed by atoms with E-state index in [-0.39, 0.29) is 96.3 Å². The van der Waals surface area contributed by atoms with Gasteiger partial charge in [-0.2, -0.15) is 74.3 Å². The Kier molecular flexibility index (Phi) is 54.1. The first-order valence-electron chi connectivity index (χ1n) is 40.3. The average molecular weight is 2010 g/mol. The Morgan fingerprint density at radius 1 is 0.452 bits per heavy atom. The summed E-state index contributed by atoms with van der Waals surface area (Å²) in [5.74, 6) is -0.658. The number of halogens is 16. The molecular weight excluding hydrogens is 1900 g/mol. The monoisotopic (exact) mass is 2010 g/mol. The molecule has 0 aromatic heterocycles. The number of non-ortho nitro benzene ring substituents is 4. The fourth-order valence-electron chi connectivity index (χ4n) is 12.5. The normalized spacial score (nSPS) is 15.3. The molecule has 8 N–H and O–H groups in total. The van der Waals surface area contributed by atoms with Gasteiger partial charge in [0.2, 0.25) is 0 Å².